The van der Waals surface area contributed by atoms with E-state index in [1.807, 2.05) is 12.1 Å². The Bertz CT molecular complexity index is 640. The van der Waals surface area contributed by atoms with Crippen LogP contribution in [0.15, 0.2) is 48.5 Å². The number of Topliss-reactive ketones (excluding diaryl/α,β-unsaturated/α-hetero) is 1. The molecule has 1 saturated carbocycles. The molecule has 0 aliphatic heterocycles. The molecule has 0 spiro atoms. The van der Waals surface area contributed by atoms with Crippen molar-refractivity contribution < 1.29 is 4.79 Å². The Hall–Kier alpha value is -1.60. The Labute approximate surface area is 131 Å². The first-order valence-corrected chi connectivity index (χ1v) is 7.83. The van der Waals surface area contributed by atoms with Crippen LogP contribution in [0.3, 0.4) is 0 Å². The van der Waals surface area contributed by atoms with Gasteiger partial charge in [0.15, 0.2) is 5.78 Å². The van der Waals surface area contributed by atoms with Crippen molar-refractivity contribution in [1.82, 2.24) is 0 Å². The molecule has 2 atom stereocenters. The third-order valence-electron chi connectivity index (χ3n) is 4.29. The first-order chi connectivity index (χ1) is 10.1. The molecule has 3 rings (SSSR count). The molecule has 0 heterocycles. The van der Waals surface area contributed by atoms with Crippen molar-refractivity contribution >= 4 is 17.4 Å². The molecular weight excluding hydrogens is 280 g/mol. The van der Waals surface area contributed by atoms with E-state index in [0.29, 0.717) is 16.9 Å². The van der Waals surface area contributed by atoms with Crippen molar-refractivity contribution in [3.8, 4) is 0 Å². The molecule has 2 heteroatoms. The molecule has 2 aromatic rings. The number of carbonyl (C=O) groups is 1. The van der Waals surface area contributed by atoms with E-state index < -0.39 is 0 Å². The fourth-order valence-corrected chi connectivity index (χ4v) is 2.94. The van der Waals surface area contributed by atoms with E-state index >= 15 is 0 Å². The summed E-state index contributed by atoms with van der Waals surface area (Å²) in [5, 5.41) is 0.670. The Balaban J connectivity index is 1.71. The second-order valence-electron chi connectivity index (χ2n) is 6.14. The van der Waals surface area contributed by atoms with E-state index in [1.54, 1.807) is 12.1 Å². The van der Waals surface area contributed by atoms with E-state index in [2.05, 4.69) is 38.1 Å². The van der Waals surface area contributed by atoms with Crippen LogP contribution >= 0.6 is 11.6 Å². The van der Waals surface area contributed by atoms with Crippen LogP contribution in [-0.2, 0) is 0 Å². The van der Waals surface area contributed by atoms with Gasteiger partial charge in [-0.3, -0.25) is 4.79 Å². The third kappa shape index (κ3) is 3.03. The number of carbonyl (C=O) groups excluding carboxylic acids is 1. The van der Waals surface area contributed by atoms with Crippen LogP contribution in [0.2, 0.25) is 5.02 Å². The van der Waals surface area contributed by atoms with Crippen LogP contribution in [0.25, 0.3) is 0 Å². The van der Waals surface area contributed by atoms with Gasteiger partial charge in [-0.1, -0.05) is 49.7 Å². The largest absolute Gasteiger partial charge is 0.294 e. The summed E-state index contributed by atoms with van der Waals surface area (Å²) in [6.45, 7) is 4.39. The lowest BCUT2D eigenvalue weighted by Gasteiger charge is -2.06. The molecule has 21 heavy (non-hydrogen) atoms. The maximum Gasteiger partial charge on any atom is 0.166 e. The number of hydrogen-bond donors (Lipinski definition) is 0. The highest BCUT2D eigenvalue weighted by atomic mass is 35.5. The number of ketones is 1. The molecule has 0 amide bonds. The molecule has 2 unspecified atom stereocenters. The Morgan fingerprint density at radius 1 is 1.05 bits per heavy atom. The van der Waals surface area contributed by atoms with Gasteiger partial charge in [0.25, 0.3) is 0 Å². The SMILES string of the molecule is CC(C)c1ccc(C2CC2C(=O)c2ccc(Cl)cc2)cc1. The second kappa shape index (κ2) is 5.65. The number of benzene rings is 2. The van der Waals surface area contributed by atoms with Crippen LogP contribution in [0.5, 0.6) is 0 Å². The first-order valence-electron chi connectivity index (χ1n) is 7.46. The first kappa shape index (κ1) is 14.3. The number of hydrogen-bond acceptors (Lipinski definition) is 1. The average Bonchev–Trinajstić information content (AvgIpc) is 3.28. The molecule has 0 saturated heterocycles. The van der Waals surface area contributed by atoms with Gasteiger partial charge in [0, 0.05) is 16.5 Å². The number of rotatable bonds is 4. The van der Waals surface area contributed by atoms with Gasteiger partial charge in [0.1, 0.15) is 0 Å². The summed E-state index contributed by atoms with van der Waals surface area (Å²) in [7, 11) is 0. The summed E-state index contributed by atoms with van der Waals surface area (Å²) in [6, 6.07) is 15.9. The minimum atomic E-state index is 0.135. The van der Waals surface area contributed by atoms with Crippen molar-refractivity contribution in [2.75, 3.05) is 0 Å². The molecule has 0 N–H and O–H groups in total. The molecule has 1 nitrogen and oxygen atoms in total. The van der Waals surface area contributed by atoms with Crippen molar-refractivity contribution in [3.05, 3.63) is 70.2 Å². The lowest BCUT2D eigenvalue weighted by atomic mass is 9.98. The summed E-state index contributed by atoms with van der Waals surface area (Å²) in [6.07, 6.45) is 0.961. The lowest BCUT2D eigenvalue weighted by Crippen LogP contribution is -2.02. The lowest BCUT2D eigenvalue weighted by molar-refractivity contribution is 0.0965. The monoisotopic (exact) mass is 298 g/mol. The topological polar surface area (TPSA) is 17.1 Å². The van der Waals surface area contributed by atoms with Gasteiger partial charge in [0.2, 0.25) is 0 Å². The quantitative estimate of drug-likeness (QED) is 0.686. The van der Waals surface area contributed by atoms with Crippen molar-refractivity contribution in [3.63, 3.8) is 0 Å². The zero-order chi connectivity index (χ0) is 15.0. The highest BCUT2D eigenvalue weighted by Gasteiger charge is 2.43. The van der Waals surface area contributed by atoms with Gasteiger partial charge in [-0.25, -0.2) is 0 Å². The molecule has 0 bridgehead atoms. The van der Waals surface area contributed by atoms with E-state index in [4.69, 9.17) is 11.6 Å². The molecule has 2 aromatic carbocycles. The van der Waals surface area contributed by atoms with Crippen molar-refractivity contribution in [1.29, 1.82) is 0 Å². The highest BCUT2D eigenvalue weighted by molar-refractivity contribution is 6.30. The smallest absolute Gasteiger partial charge is 0.166 e. The molecule has 1 aliphatic carbocycles. The predicted octanol–water partition coefficient (Wildman–Crippen LogP) is 5.45. The summed E-state index contributed by atoms with van der Waals surface area (Å²) in [4.78, 5) is 12.4. The summed E-state index contributed by atoms with van der Waals surface area (Å²) in [5.74, 6) is 1.31. The third-order valence-corrected chi connectivity index (χ3v) is 4.54. The van der Waals surface area contributed by atoms with Gasteiger partial charge in [0.05, 0.1) is 0 Å². The van der Waals surface area contributed by atoms with E-state index in [0.717, 1.165) is 12.0 Å². The van der Waals surface area contributed by atoms with E-state index in [-0.39, 0.29) is 11.7 Å². The molecule has 0 aromatic heterocycles. The van der Waals surface area contributed by atoms with E-state index in [9.17, 15) is 4.79 Å². The van der Waals surface area contributed by atoms with Gasteiger partial charge in [-0.15, -0.1) is 0 Å². The molecule has 0 radical (unpaired) electrons. The number of halogens is 1. The van der Waals surface area contributed by atoms with Crippen LogP contribution in [0.1, 0.15) is 53.6 Å². The Morgan fingerprint density at radius 2 is 1.67 bits per heavy atom. The minimum Gasteiger partial charge on any atom is -0.294 e. The zero-order valence-corrected chi connectivity index (χ0v) is 13.1. The second-order valence-corrected chi connectivity index (χ2v) is 6.58. The fraction of sp³-hybridized carbons (Fsp3) is 0.316. The van der Waals surface area contributed by atoms with Crippen molar-refractivity contribution in [2.45, 2.75) is 32.1 Å². The Kier molecular flexibility index (Phi) is 3.86. The predicted molar refractivity (Wildman–Crippen MR) is 87.2 cm³/mol. The Morgan fingerprint density at radius 3 is 2.24 bits per heavy atom. The average molecular weight is 299 g/mol. The van der Waals surface area contributed by atoms with Crippen molar-refractivity contribution in [2.24, 2.45) is 5.92 Å². The minimum absolute atomic E-state index is 0.135. The van der Waals surface area contributed by atoms with Gasteiger partial charge in [-0.2, -0.15) is 0 Å². The summed E-state index contributed by atoms with van der Waals surface area (Å²) < 4.78 is 0. The zero-order valence-electron chi connectivity index (χ0n) is 12.3. The molecule has 1 aliphatic rings. The highest BCUT2D eigenvalue weighted by Crippen LogP contribution is 2.49. The maximum absolute atomic E-state index is 12.4. The van der Waals surface area contributed by atoms with E-state index in [1.165, 1.54) is 11.1 Å². The van der Waals surface area contributed by atoms with Crippen LogP contribution in [0, 0.1) is 5.92 Å². The standard InChI is InChI=1S/C19H19ClO/c1-12(2)13-3-5-14(6-4-13)17-11-18(17)19(21)15-7-9-16(20)10-8-15/h3-10,12,17-18H,11H2,1-2H3. The summed E-state index contributed by atoms with van der Waals surface area (Å²) in [5.41, 5.74) is 3.40. The van der Waals surface area contributed by atoms with Crippen LogP contribution in [-0.4, -0.2) is 5.78 Å². The van der Waals surface area contributed by atoms with Gasteiger partial charge < -0.3 is 0 Å². The van der Waals surface area contributed by atoms with Crippen LogP contribution in [0.4, 0.5) is 0 Å². The molecule has 108 valence electrons. The normalized spacial score (nSPS) is 20.6. The summed E-state index contributed by atoms with van der Waals surface area (Å²) >= 11 is 5.87. The van der Waals surface area contributed by atoms with Gasteiger partial charge >= 0.3 is 0 Å². The molecular formula is C19H19ClO. The van der Waals surface area contributed by atoms with Crippen LogP contribution < -0.4 is 0 Å². The molecule has 1 fully saturated rings. The fourth-order valence-electron chi connectivity index (χ4n) is 2.81. The maximum atomic E-state index is 12.4. The van der Waals surface area contributed by atoms with Gasteiger partial charge in [-0.05, 0) is 53.6 Å².